The lowest BCUT2D eigenvalue weighted by Gasteiger charge is -2.17. The van der Waals surface area contributed by atoms with Crippen LogP contribution in [0.1, 0.15) is 32.9 Å². The van der Waals surface area contributed by atoms with E-state index in [1.807, 2.05) is 33.0 Å². The molecule has 1 aromatic heterocycles. The molecule has 0 saturated heterocycles. The summed E-state index contributed by atoms with van der Waals surface area (Å²) in [7, 11) is 2.01. The fourth-order valence-electron chi connectivity index (χ4n) is 2.33. The quantitative estimate of drug-likeness (QED) is 0.885. The Morgan fingerprint density at radius 3 is 2.67 bits per heavy atom. The predicted octanol–water partition coefficient (Wildman–Crippen LogP) is 2.66. The lowest BCUT2D eigenvalue weighted by Crippen LogP contribution is -2.22. The summed E-state index contributed by atoms with van der Waals surface area (Å²) in [5.41, 5.74) is 3.24. The normalized spacial score (nSPS) is 11.0. The van der Waals surface area contributed by atoms with Crippen LogP contribution in [-0.2, 0) is 13.0 Å². The van der Waals surface area contributed by atoms with E-state index in [0.29, 0.717) is 12.0 Å². The second kappa shape index (κ2) is 6.54. The van der Waals surface area contributed by atoms with Gasteiger partial charge in [0.15, 0.2) is 0 Å². The molecule has 2 rings (SSSR count). The largest absolute Gasteiger partial charge is 0.478 e. The summed E-state index contributed by atoms with van der Waals surface area (Å²) < 4.78 is 5.16. The molecule has 0 saturated carbocycles. The summed E-state index contributed by atoms with van der Waals surface area (Å²) in [5, 5.41) is 13.1. The molecular weight excluding hydrogens is 268 g/mol. The lowest BCUT2D eigenvalue weighted by molar-refractivity contribution is 0.0695. The zero-order chi connectivity index (χ0) is 15.4. The smallest absolute Gasteiger partial charge is 0.335 e. The number of hydrogen-bond donors (Lipinski definition) is 1. The third-order valence-electron chi connectivity index (χ3n) is 3.62. The Balaban J connectivity index is 1.99. The van der Waals surface area contributed by atoms with Crippen LogP contribution in [0.5, 0.6) is 0 Å². The highest BCUT2D eigenvalue weighted by Gasteiger charge is 2.13. The minimum Gasteiger partial charge on any atom is -0.478 e. The number of benzene rings is 1. The summed E-state index contributed by atoms with van der Waals surface area (Å²) in [6.07, 6.45) is 0.697. The summed E-state index contributed by atoms with van der Waals surface area (Å²) in [5.74, 6) is -0.0377. The number of aromatic nitrogens is 1. The summed E-state index contributed by atoms with van der Waals surface area (Å²) in [4.78, 5) is 13.3. The first-order valence-corrected chi connectivity index (χ1v) is 6.90. The minimum atomic E-state index is -0.876. The predicted molar refractivity (Wildman–Crippen MR) is 79.4 cm³/mol. The van der Waals surface area contributed by atoms with Crippen LogP contribution >= 0.6 is 0 Å². The lowest BCUT2D eigenvalue weighted by atomic mass is 10.0. The molecule has 0 radical (unpaired) electrons. The maximum Gasteiger partial charge on any atom is 0.335 e. The molecule has 5 nitrogen and oxygen atoms in total. The van der Waals surface area contributed by atoms with E-state index in [2.05, 4.69) is 10.1 Å². The van der Waals surface area contributed by atoms with Crippen LogP contribution in [0, 0.1) is 13.8 Å². The number of hydrogen-bond acceptors (Lipinski definition) is 4. The summed E-state index contributed by atoms with van der Waals surface area (Å²) >= 11 is 0. The van der Waals surface area contributed by atoms with E-state index in [1.165, 1.54) is 0 Å². The molecule has 0 amide bonds. The summed E-state index contributed by atoms with van der Waals surface area (Å²) in [6.45, 7) is 5.35. The van der Waals surface area contributed by atoms with Crippen molar-refractivity contribution in [1.29, 1.82) is 0 Å². The van der Waals surface area contributed by atoms with Crippen molar-refractivity contribution < 1.29 is 14.4 Å². The number of rotatable bonds is 6. The van der Waals surface area contributed by atoms with Crippen molar-refractivity contribution in [3.63, 3.8) is 0 Å². The molecule has 5 heteroatoms. The highest BCUT2D eigenvalue weighted by molar-refractivity contribution is 5.89. The summed E-state index contributed by atoms with van der Waals surface area (Å²) in [6, 6.07) is 7.13. The van der Waals surface area contributed by atoms with E-state index >= 15 is 0 Å². The first kappa shape index (κ1) is 15.3. The average Bonchev–Trinajstić information content (AvgIpc) is 2.77. The van der Waals surface area contributed by atoms with Crippen LogP contribution in [-0.4, -0.2) is 34.7 Å². The van der Waals surface area contributed by atoms with Crippen LogP contribution in [0.2, 0.25) is 0 Å². The number of nitrogens with zero attached hydrogens (tertiary/aromatic N) is 2. The van der Waals surface area contributed by atoms with Gasteiger partial charge in [0.2, 0.25) is 0 Å². The Bertz CT molecular complexity index is 615. The second-order valence-electron chi connectivity index (χ2n) is 5.25. The molecule has 0 bridgehead atoms. The maximum atomic E-state index is 11.2. The minimum absolute atomic E-state index is 0.378. The fraction of sp³-hybridized carbons (Fsp3) is 0.375. The van der Waals surface area contributed by atoms with Gasteiger partial charge in [-0.15, -0.1) is 0 Å². The van der Waals surface area contributed by atoms with Crippen LogP contribution in [0.25, 0.3) is 0 Å². The van der Waals surface area contributed by atoms with E-state index < -0.39 is 5.97 Å². The highest BCUT2D eigenvalue weighted by Crippen LogP contribution is 2.15. The van der Waals surface area contributed by atoms with Crippen molar-refractivity contribution in [2.24, 2.45) is 0 Å². The molecule has 21 heavy (non-hydrogen) atoms. The Labute approximate surface area is 124 Å². The van der Waals surface area contributed by atoms with Gasteiger partial charge in [0, 0.05) is 18.7 Å². The number of likely N-dealkylation sites (N-methyl/N-ethyl adjacent to an activating group) is 1. The zero-order valence-electron chi connectivity index (χ0n) is 12.6. The Kier molecular flexibility index (Phi) is 4.75. The molecule has 0 aliphatic rings. The molecule has 0 unspecified atom stereocenters. The molecular formula is C16H20N2O3. The molecule has 0 aliphatic heterocycles. The number of carboxylic acids is 1. The van der Waals surface area contributed by atoms with Crippen LogP contribution in [0.3, 0.4) is 0 Å². The van der Waals surface area contributed by atoms with Gasteiger partial charge in [0.1, 0.15) is 5.76 Å². The molecule has 1 aromatic carbocycles. The third-order valence-corrected chi connectivity index (χ3v) is 3.62. The average molecular weight is 288 g/mol. The molecule has 112 valence electrons. The molecule has 0 fully saturated rings. The van der Waals surface area contributed by atoms with Crippen molar-refractivity contribution in [3.8, 4) is 0 Å². The van der Waals surface area contributed by atoms with E-state index in [1.54, 1.807) is 12.1 Å². The van der Waals surface area contributed by atoms with Gasteiger partial charge in [-0.1, -0.05) is 23.4 Å². The van der Waals surface area contributed by atoms with Crippen molar-refractivity contribution in [3.05, 3.63) is 52.4 Å². The molecule has 0 atom stereocenters. The number of carbonyl (C=O) groups is 1. The van der Waals surface area contributed by atoms with Crippen molar-refractivity contribution in [2.45, 2.75) is 26.8 Å². The second-order valence-corrected chi connectivity index (χ2v) is 5.25. The van der Waals surface area contributed by atoms with Gasteiger partial charge in [-0.3, -0.25) is 0 Å². The first-order chi connectivity index (χ1) is 9.99. The van der Waals surface area contributed by atoms with Gasteiger partial charge < -0.3 is 14.5 Å². The molecule has 0 aliphatic carbocycles. The van der Waals surface area contributed by atoms with E-state index in [-0.39, 0.29) is 0 Å². The van der Waals surface area contributed by atoms with Gasteiger partial charge in [-0.25, -0.2) is 4.79 Å². The van der Waals surface area contributed by atoms with Crippen molar-refractivity contribution in [1.82, 2.24) is 10.1 Å². The Morgan fingerprint density at radius 2 is 2.05 bits per heavy atom. The fourth-order valence-corrected chi connectivity index (χ4v) is 2.33. The molecule has 1 N–H and O–H groups in total. The van der Waals surface area contributed by atoms with Crippen LogP contribution < -0.4 is 0 Å². The van der Waals surface area contributed by atoms with E-state index in [9.17, 15) is 9.90 Å². The van der Waals surface area contributed by atoms with Gasteiger partial charge in [0.25, 0.3) is 0 Å². The van der Waals surface area contributed by atoms with Gasteiger partial charge >= 0.3 is 5.97 Å². The molecule has 2 aromatic rings. The SMILES string of the molecule is Cc1noc(C)c1CN(C)CCc1ccccc1C(=O)O. The Hall–Kier alpha value is -2.14. The standard InChI is InChI=1S/C16H20N2O3/c1-11-15(12(2)21-17-11)10-18(3)9-8-13-6-4-5-7-14(13)16(19)20/h4-7H,8-10H2,1-3H3,(H,19,20). The number of aromatic carboxylic acids is 1. The van der Waals surface area contributed by atoms with E-state index in [0.717, 1.165) is 35.7 Å². The zero-order valence-corrected chi connectivity index (χ0v) is 12.6. The molecule has 1 heterocycles. The van der Waals surface area contributed by atoms with Gasteiger partial charge in [-0.2, -0.15) is 0 Å². The van der Waals surface area contributed by atoms with E-state index in [4.69, 9.17) is 4.52 Å². The third kappa shape index (κ3) is 3.70. The Morgan fingerprint density at radius 1 is 1.33 bits per heavy atom. The molecule has 0 spiro atoms. The van der Waals surface area contributed by atoms with Gasteiger partial charge in [0.05, 0.1) is 11.3 Å². The number of aryl methyl sites for hydroxylation is 2. The highest BCUT2D eigenvalue weighted by atomic mass is 16.5. The van der Waals surface area contributed by atoms with Gasteiger partial charge in [-0.05, 0) is 38.9 Å². The van der Waals surface area contributed by atoms with Crippen molar-refractivity contribution in [2.75, 3.05) is 13.6 Å². The first-order valence-electron chi connectivity index (χ1n) is 6.90. The topological polar surface area (TPSA) is 66.6 Å². The maximum absolute atomic E-state index is 11.2. The van der Waals surface area contributed by atoms with Crippen molar-refractivity contribution >= 4 is 5.97 Å². The van der Waals surface area contributed by atoms with Crippen LogP contribution in [0.15, 0.2) is 28.8 Å². The van der Waals surface area contributed by atoms with Crippen LogP contribution in [0.4, 0.5) is 0 Å². The number of carboxylic acid groups (broad SMARTS) is 1. The monoisotopic (exact) mass is 288 g/mol.